The van der Waals surface area contributed by atoms with Crippen LogP contribution in [0, 0.1) is 6.07 Å². The van der Waals surface area contributed by atoms with Crippen molar-refractivity contribution in [2.75, 3.05) is 5.32 Å². The molecule has 152 valence electrons. The first kappa shape index (κ1) is 24.6. The summed E-state index contributed by atoms with van der Waals surface area (Å²) in [5.74, 6) is -0.897. The minimum absolute atomic E-state index is 0. The van der Waals surface area contributed by atoms with Gasteiger partial charge in [0.05, 0.1) is 4.88 Å². The number of hydrogen-bond acceptors (Lipinski definition) is 6. The number of aromatic nitrogens is 1. The van der Waals surface area contributed by atoms with Gasteiger partial charge in [0.1, 0.15) is 0 Å². The molecular weight excluding hydrogens is 423 g/mol. The molecule has 0 spiro atoms. The second-order valence-electron chi connectivity index (χ2n) is 6.22. The molecule has 1 aromatic heterocycles. The van der Waals surface area contributed by atoms with Crippen LogP contribution >= 0.6 is 11.3 Å². The Morgan fingerprint density at radius 1 is 1.19 bits per heavy atom. The number of aliphatic carboxylic acids is 1. The van der Waals surface area contributed by atoms with Crippen LogP contribution in [0.4, 0.5) is 10.8 Å². The number of Topliss-reactive ketones (excluding diaryl/α,β-unsaturated/α-hetero) is 1. The maximum absolute atomic E-state index is 12.6. The number of allylic oxidation sites excluding steroid dienone is 2. The van der Waals surface area contributed by atoms with E-state index in [1.807, 2.05) is 36.4 Å². The number of ketones is 1. The van der Waals surface area contributed by atoms with E-state index in [2.05, 4.69) is 16.4 Å². The first-order valence-corrected chi connectivity index (χ1v) is 9.97. The SMILES string of the molecule is CCC(=O)O.O=C1C(=Cc2sc(Nc3cc[c-]cc3)nc2O)C=Cc2ccccc21.[Na+]. The summed E-state index contributed by atoms with van der Waals surface area (Å²) in [6.45, 7) is 1.60. The maximum atomic E-state index is 12.6. The van der Waals surface area contributed by atoms with Crippen molar-refractivity contribution in [3.05, 3.63) is 82.3 Å². The van der Waals surface area contributed by atoms with Crippen molar-refractivity contribution in [3.63, 3.8) is 0 Å². The first-order chi connectivity index (χ1) is 14.5. The predicted octanol–water partition coefficient (Wildman–Crippen LogP) is 2.17. The molecule has 31 heavy (non-hydrogen) atoms. The summed E-state index contributed by atoms with van der Waals surface area (Å²) in [6, 6.07) is 17.7. The molecule has 0 fully saturated rings. The Balaban J connectivity index is 0.000000514. The van der Waals surface area contributed by atoms with Gasteiger partial charge in [-0.05, 0) is 11.6 Å². The third-order valence-electron chi connectivity index (χ3n) is 4.10. The largest absolute Gasteiger partial charge is 1.00 e. The number of thiazole rings is 1. The van der Waals surface area contributed by atoms with Gasteiger partial charge in [0, 0.05) is 17.6 Å². The van der Waals surface area contributed by atoms with Crippen LogP contribution in [0.2, 0.25) is 0 Å². The van der Waals surface area contributed by atoms with Crippen LogP contribution in [-0.4, -0.2) is 26.9 Å². The van der Waals surface area contributed by atoms with E-state index in [0.29, 0.717) is 21.1 Å². The Kier molecular flexibility index (Phi) is 9.21. The van der Waals surface area contributed by atoms with E-state index in [1.165, 1.54) is 11.3 Å². The summed E-state index contributed by atoms with van der Waals surface area (Å²) in [7, 11) is 0. The summed E-state index contributed by atoms with van der Waals surface area (Å²) in [4.78, 5) is 26.6. The zero-order chi connectivity index (χ0) is 21.5. The fourth-order valence-electron chi connectivity index (χ4n) is 2.58. The number of nitrogens with zero attached hydrogens (tertiary/aromatic N) is 1. The number of carboxylic acid groups (broad SMARTS) is 1. The average molecular weight is 442 g/mol. The van der Waals surface area contributed by atoms with Gasteiger partial charge in [-0.2, -0.15) is 23.2 Å². The van der Waals surface area contributed by atoms with E-state index in [9.17, 15) is 14.7 Å². The summed E-state index contributed by atoms with van der Waals surface area (Å²) in [5.41, 5.74) is 2.95. The Labute approximate surface area is 206 Å². The van der Waals surface area contributed by atoms with Crippen molar-refractivity contribution < 1.29 is 49.4 Å². The fourth-order valence-corrected chi connectivity index (χ4v) is 3.41. The fraction of sp³-hybridized carbons (Fsp3) is 0.0870. The van der Waals surface area contributed by atoms with Crippen molar-refractivity contribution >= 4 is 46.1 Å². The van der Waals surface area contributed by atoms with E-state index in [1.54, 1.807) is 37.3 Å². The van der Waals surface area contributed by atoms with Gasteiger partial charge in [0.15, 0.2) is 10.9 Å². The number of fused-ring (bicyclic) bond motifs is 1. The quantitative estimate of drug-likeness (QED) is 0.325. The monoisotopic (exact) mass is 442 g/mol. The molecular formula is C23H19N2NaO4S. The standard InChI is InChI=1S/C20H13N2O2S.C3H6O2.Na/c23-18-14(11-10-13-6-4-5-9-16(13)18)12-17-19(24)22-20(25-17)21-15-7-2-1-3-8-15;1-2-3(4)5;/h2-12,24H,(H,21,22);2H2,1H3,(H,4,5);/q-1;;+1. The molecule has 0 bridgehead atoms. The molecule has 0 atom stereocenters. The molecule has 0 aliphatic heterocycles. The van der Waals surface area contributed by atoms with Gasteiger partial charge in [-0.25, -0.2) is 0 Å². The number of benzene rings is 2. The number of anilines is 2. The maximum Gasteiger partial charge on any atom is 1.00 e. The van der Waals surface area contributed by atoms with Crippen LogP contribution in [0.5, 0.6) is 5.88 Å². The van der Waals surface area contributed by atoms with Crippen molar-refractivity contribution in [2.24, 2.45) is 0 Å². The van der Waals surface area contributed by atoms with Crippen LogP contribution in [0.25, 0.3) is 12.2 Å². The van der Waals surface area contributed by atoms with E-state index in [0.717, 1.165) is 11.3 Å². The van der Waals surface area contributed by atoms with Gasteiger partial charge in [0.2, 0.25) is 5.88 Å². The molecule has 8 heteroatoms. The number of aromatic hydroxyl groups is 1. The number of hydrogen-bond donors (Lipinski definition) is 3. The second kappa shape index (κ2) is 11.6. The summed E-state index contributed by atoms with van der Waals surface area (Å²) in [6.07, 6.45) is 5.57. The van der Waals surface area contributed by atoms with Gasteiger partial charge in [-0.3, -0.25) is 9.59 Å². The molecule has 3 N–H and O–H groups in total. The Morgan fingerprint density at radius 3 is 2.55 bits per heavy atom. The Bertz CT molecular complexity index is 1120. The van der Waals surface area contributed by atoms with Gasteiger partial charge < -0.3 is 15.5 Å². The van der Waals surface area contributed by atoms with Crippen LogP contribution in [0.15, 0.2) is 60.2 Å². The molecule has 0 radical (unpaired) electrons. The van der Waals surface area contributed by atoms with Crippen LogP contribution in [-0.2, 0) is 4.79 Å². The normalized spacial score (nSPS) is 12.9. The molecule has 2 aromatic carbocycles. The van der Waals surface area contributed by atoms with Gasteiger partial charge in [-0.1, -0.05) is 60.4 Å². The second-order valence-corrected chi connectivity index (χ2v) is 7.25. The summed E-state index contributed by atoms with van der Waals surface area (Å²) >= 11 is 1.29. The topological polar surface area (TPSA) is 99.5 Å². The molecule has 6 nitrogen and oxygen atoms in total. The average Bonchev–Trinajstić information content (AvgIpc) is 3.10. The molecule has 3 aromatic rings. The zero-order valence-electron chi connectivity index (χ0n) is 17.1. The zero-order valence-corrected chi connectivity index (χ0v) is 19.9. The predicted molar refractivity (Wildman–Crippen MR) is 118 cm³/mol. The molecule has 1 aliphatic carbocycles. The number of carbonyl (C=O) groups is 2. The molecule has 0 saturated carbocycles. The number of carbonyl (C=O) groups excluding carboxylic acids is 1. The van der Waals surface area contributed by atoms with Crippen molar-refractivity contribution in [3.8, 4) is 5.88 Å². The Morgan fingerprint density at radius 2 is 1.87 bits per heavy atom. The third kappa shape index (κ3) is 6.63. The van der Waals surface area contributed by atoms with Gasteiger partial charge >= 0.3 is 35.5 Å². The van der Waals surface area contributed by atoms with E-state index in [4.69, 9.17) is 5.11 Å². The van der Waals surface area contributed by atoms with Gasteiger partial charge in [-0.15, -0.1) is 12.1 Å². The molecule has 1 heterocycles. The Hall–Kier alpha value is -2.71. The van der Waals surface area contributed by atoms with Crippen LogP contribution in [0.3, 0.4) is 0 Å². The number of rotatable bonds is 4. The smallest absolute Gasteiger partial charge is 0.492 e. The minimum Gasteiger partial charge on any atom is -0.492 e. The summed E-state index contributed by atoms with van der Waals surface area (Å²) in [5, 5.41) is 21.5. The minimum atomic E-state index is -0.745. The molecule has 0 unspecified atom stereocenters. The molecule has 0 amide bonds. The third-order valence-corrected chi connectivity index (χ3v) is 5.01. The molecule has 1 aliphatic rings. The van der Waals surface area contributed by atoms with Crippen molar-refractivity contribution in [1.82, 2.24) is 4.98 Å². The number of nitrogens with one attached hydrogen (secondary N) is 1. The van der Waals surface area contributed by atoms with E-state index < -0.39 is 5.97 Å². The summed E-state index contributed by atoms with van der Waals surface area (Å²) < 4.78 is 0. The van der Waals surface area contributed by atoms with Crippen LogP contribution < -0.4 is 34.9 Å². The van der Waals surface area contributed by atoms with Crippen molar-refractivity contribution in [1.29, 1.82) is 0 Å². The molecule has 4 rings (SSSR count). The first-order valence-electron chi connectivity index (χ1n) is 9.16. The van der Waals surface area contributed by atoms with E-state index in [-0.39, 0.29) is 47.6 Å². The van der Waals surface area contributed by atoms with Crippen LogP contribution in [0.1, 0.15) is 34.1 Å². The number of carboxylic acids is 1. The molecule has 0 saturated heterocycles. The van der Waals surface area contributed by atoms with Crippen molar-refractivity contribution in [2.45, 2.75) is 13.3 Å². The van der Waals surface area contributed by atoms with E-state index >= 15 is 0 Å². The van der Waals surface area contributed by atoms with Gasteiger partial charge in [0.25, 0.3) is 0 Å².